The molecule has 3 N–H and O–H groups in total. The van der Waals surface area contributed by atoms with E-state index in [1.807, 2.05) is 27.7 Å². The second-order valence-corrected chi connectivity index (χ2v) is 5.06. The van der Waals surface area contributed by atoms with Crippen LogP contribution in [0.1, 0.15) is 34.1 Å². The molecule has 0 aliphatic rings. The van der Waals surface area contributed by atoms with Crippen LogP contribution in [0.3, 0.4) is 0 Å². The smallest absolute Gasteiger partial charge is 0.233 e. The fraction of sp³-hybridized carbons (Fsp3) is 0.917. The third-order valence-electron chi connectivity index (χ3n) is 1.95. The summed E-state index contributed by atoms with van der Waals surface area (Å²) in [6.45, 7) is 9.36. The Morgan fingerprint density at radius 1 is 1.41 bits per heavy atom. The minimum atomic E-state index is -0.590. The SMILES string of the molecule is CCCNC(=O)CNCC(O)COC(C)(C)C. The molecule has 1 unspecified atom stereocenters. The predicted octanol–water partition coefficient (Wildman–Crippen LogP) is 0.278. The average Bonchev–Trinajstić information content (AvgIpc) is 2.22. The van der Waals surface area contributed by atoms with E-state index in [-0.39, 0.29) is 24.7 Å². The second kappa shape index (κ2) is 8.44. The highest BCUT2D eigenvalue weighted by Gasteiger charge is 2.13. The first-order valence-electron chi connectivity index (χ1n) is 6.14. The molecule has 17 heavy (non-hydrogen) atoms. The minimum Gasteiger partial charge on any atom is -0.389 e. The van der Waals surface area contributed by atoms with E-state index in [1.165, 1.54) is 0 Å². The summed E-state index contributed by atoms with van der Waals surface area (Å²) in [6, 6.07) is 0. The molecule has 0 saturated heterocycles. The van der Waals surface area contributed by atoms with Crippen molar-refractivity contribution in [3.8, 4) is 0 Å². The van der Waals surface area contributed by atoms with Crippen LogP contribution in [0.25, 0.3) is 0 Å². The molecule has 0 aliphatic heterocycles. The molecule has 0 aromatic rings. The standard InChI is InChI=1S/C12H26N2O3/c1-5-6-14-11(16)8-13-7-10(15)9-17-12(2,3)4/h10,13,15H,5-9H2,1-4H3,(H,14,16). The van der Waals surface area contributed by atoms with E-state index in [0.717, 1.165) is 6.42 Å². The van der Waals surface area contributed by atoms with Gasteiger partial charge in [0.15, 0.2) is 0 Å². The first-order valence-corrected chi connectivity index (χ1v) is 6.14. The molecule has 1 atom stereocenters. The van der Waals surface area contributed by atoms with Gasteiger partial charge in [0, 0.05) is 13.1 Å². The van der Waals surface area contributed by atoms with Crippen LogP contribution in [0.2, 0.25) is 0 Å². The molecule has 0 aliphatic carbocycles. The number of nitrogens with one attached hydrogen (secondary N) is 2. The molecular formula is C12H26N2O3. The van der Waals surface area contributed by atoms with Crippen LogP contribution in [0.4, 0.5) is 0 Å². The van der Waals surface area contributed by atoms with Gasteiger partial charge in [-0.05, 0) is 27.2 Å². The van der Waals surface area contributed by atoms with Crippen molar-refractivity contribution in [2.75, 3.05) is 26.2 Å². The molecular weight excluding hydrogens is 220 g/mol. The van der Waals surface area contributed by atoms with E-state index in [2.05, 4.69) is 10.6 Å². The van der Waals surface area contributed by atoms with Crippen molar-refractivity contribution in [2.24, 2.45) is 0 Å². The van der Waals surface area contributed by atoms with Crippen LogP contribution in [-0.2, 0) is 9.53 Å². The number of hydrogen-bond acceptors (Lipinski definition) is 4. The zero-order valence-electron chi connectivity index (χ0n) is 11.4. The highest BCUT2D eigenvalue weighted by molar-refractivity contribution is 5.77. The lowest BCUT2D eigenvalue weighted by atomic mass is 10.2. The Kier molecular flexibility index (Phi) is 8.12. The molecule has 102 valence electrons. The van der Waals surface area contributed by atoms with Crippen molar-refractivity contribution in [1.29, 1.82) is 0 Å². The van der Waals surface area contributed by atoms with E-state index in [4.69, 9.17) is 4.74 Å². The van der Waals surface area contributed by atoms with Gasteiger partial charge < -0.3 is 20.5 Å². The summed E-state index contributed by atoms with van der Waals surface area (Å²) in [4.78, 5) is 11.2. The van der Waals surface area contributed by atoms with Crippen LogP contribution in [0.5, 0.6) is 0 Å². The van der Waals surface area contributed by atoms with Gasteiger partial charge in [-0.2, -0.15) is 0 Å². The van der Waals surface area contributed by atoms with Crippen molar-refractivity contribution < 1.29 is 14.6 Å². The van der Waals surface area contributed by atoms with Crippen LogP contribution in [-0.4, -0.2) is 49.0 Å². The van der Waals surface area contributed by atoms with Crippen molar-refractivity contribution in [1.82, 2.24) is 10.6 Å². The van der Waals surface area contributed by atoms with Crippen LogP contribution in [0.15, 0.2) is 0 Å². The van der Waals surface area contributed by atoms with Gasteiger partial charge in [-0.15, -0.1) is 0 Å². The third-order valence-corrected chi connectivity index (χ3v) is 1.95. The van der Waals surface area contributed by atoms with Gasteiger partial charge in [0.05, 0.1) is 24.9 Å². The monoisotopic (exact) mass is 246 g/mol. The van der Waals surface area contributed by atoms with E-state index in [0.29, 0.717) is 13.1 Å². The maximum atomic E-state index is 11.2. The lowest BCUT2D eigenvalue weighted by Crippen LogP contribution is -2.39. The summed E-state index contributed by atoms with van der Waals surface area (Å²) in [5.41, 5.74) is -0.251. The second-order valence-electron chi connectivity index (χ2n) is 5.06. The van der Waals surface area contributed by atoms with Crippen molar-refractivity contribution >= 4 is 5.91 Å². The van der Waals surface area contributed by atoms with Crippen molar-refractivity contribution in [3.63, 3.8) is 0 Å². The van der Waals surface area contributed by atoms with Gasteiger partial charge in [0.1, 0.15) is 0 Å². The number of carbonyl (C=O) groups excluding carboxylic acids is 1. The highest BCUT2D eigenvalue weighted by Crippen LogP contribution is 2.06. The molecule has 0 radical (unpaired) electrons. The van der Waals surface area contributed by atoms with Crippen LogP contribution < -0.4 is 10.6 Å². The third kappa shape index (κ3) is 11.6. The average molecular weight is 246 g/mol. The first kappa shape index (κ1) is 16.4. The van der Waals surface area contributed by atoms with Gasteiger partial charge in [0.2, 0.25) is 5.91 Å². The number of aliphatic hydroxyl groups is 1. The van der Waals surface area contributed by atoms with E-state index in [1.54, 1.807) is 0 Å². The highest BCUT2D eigenvalue weighted by atomic mass is 16.5. The Labute approximate surface area is 104 Å². The molecule has 0 bridgehead atoms. The molecule has 0 rings (SSSR count). The van der Waals surface area contributed by atoms with E-state index >= 15 is 0 Å². The minimum absolute atomic E-state index is 0.0456. The predicted molar refractivity (Wildman–Crippen MR) is 67.9 cm³/mol. The van der Waals surface area contributed by atoms with Crippen molar-refractivity contribution in [3.05, 3.63) is 0 Å². The molecule has 0 saturated carbocycles. The normalized spacial score (nSPS) is 13.5. The molecule has 0 fully saturated rings. The molecule has 0 aromatic heterocycles. The zero-order valence-corrected chi connectivity index (χ0v) is 11.4. The fourth-order valence-corrected chi connectivity index (χ4v) is 1.08. The fourth-order valence-electron chi connectivity index (χ4n) is 1.08. The van der Waals surface area contributed by atoms with Crippen LogP contribution in [0, 0.1) is 0 Å². The zero-order chi connectivity index (χ0) is 13.3. The maximum Gasteiger partial charge on any atom is 0.233 e. The Hall–Kier alpha value is -0.650. The van der Waals surface area contributed by atoms with Crippen LogP contribution >= 0.6 is 0 Å². The molecule has 0 heterocycles. The quantitative estimate of drug-likeness (QED) is 0.575. The molecule has 0 spiro atoms. The van der Waals surface area contributed by atoms with Gasteiger partial charge in [-0.1, -0.05) is 6.92 Å². The van der Waals surface area contributed by atoms with Gasteiger partial charge in [0.25, 0.3) is 0 Å². The number of hydrogen-bond donors (Lipinski definition) is 3. The Balaban J connectivity index is 3.51. The molecule has 5 heteroatoms. The summed E-state index contributed by atoms with van der Waals surface area (Å²) in [5, 5.41) is 15.2. The summed E-state index contributed by atoms with van der Waals surface area (Å²) in [5.74, 6) is -0.0456. The van der Waals surface area contributed by atoms with Crippen molar-refractivity contribution in [2.45, 2.75) is 45.8 Å². The Morgan fingerprint density at radius 2 is 2.06 bits per heavy atom. The molecule has 5 nitrogen and oxygen atoms in total. The lowest BCUT2D eigenvalue weighted by molar-refractivity contribution is -0.120. The van der Waals surface area contributed by atoms with Gasteiger partial charge in [-0.25, -0.2) is 0 Å². The number of amides is 1. The van der Waals surface area contributed by atoms with E-state index in [9.17, 15) is 9.90 Å². The number of ether oxygens (including phenoxy) is 1. The molecule has 0 aromatic carbocycles. The largest absolute Gasteiger partial charge is 0.389 e. The van der Waals surface area contributed by atoms with E-state index < -0.39 is 6.10 Å². The number of aliphatic hydroxyl groups excluding tert-OH is 1. The van der Waals surface area contributed by atoms with Gasteiger partial charge in [-0.3, -0.25) is 4.79 Å². The summed E-state index contributed by atoms with van der Waals surface area (Å²) < 4.78 is 5.42. The molecule has 1 amide bonds. The maximum absolute atomic E-state index is 11.2. The summed E-state index contributed by atoms with van der Waals surface area (Å²) in [7, 11) is 0. The first-order chi connectivity index (χ1) is 7.85. The lowest BCUT2D eigenvalue weighted by Gasteiger charge is -2.22. The number of carbonyl (C=O) groups is 1. The summed E-state index contributed by atoms with van der Waals surface area (Å²) in [6.07, 6.45) is 0.335. The topological polar surface area (TPSA) is 70.6 Å². The Morgan fingerprint density at radius 3 is 2.59 bits per heavy atom. The Bertz CT molecular complexity index is 214. The number of rotatable bonds is 8. The van der Waals surface area contributed by atoms with Gasteiger partial charge >= 0.3 is 0 Å². The summed E-state index contributed by atoms with van der Waals surface area (Å²) >= 11 is 0.